The summed E-state index contributed by atoms with van der Waals surface area (Å²) in [5.41, 5.74) is 0.0136. The number of amides is 2. The molecule has 1 aliphatic heterocycles. The number of carbonyl (C=O) groups is 3. The van der Waals surface area contributed by atoms with E-state index in [2.05, 4.69) is 4.74 Å². The lowest BCUT2D eigenvalue weighted by molar-refractivity contribution is -0.0503. The number of aromatic carboxylic acids is 1. The van der Waals surface area contributed by atoms with E-state index in [4.69, 9.17) is 9.52 Å². The van der Waals surface area contributed by atoms with Crippen LogP contribution < -0.4 is 4.74 Å². The molecular formula is C18H16F2N2O6. The number of carboxylic acids is 1. The lowest BCUT2D eigenvalue weighted by Crippen LogP contribution is -2.50. The number of hydrogen-bond acceptors (Lipinski definition) is 5. The molecule has 0 bridgehead atoms. The first-order valence-electron chi connectivity index (χ1n) is 8.32. The summed E-state index contributed by atoms with van der Waals surface area (Å²) in [7, 11) is 0. The first-order chi connectivity index (χ1) is 13.4. The summed E-state index contributed by atoms with van der Waals surface area (Å²) in [6.45, 7) is -2.32. The predicted molar refractivity (Wildman–Crippen MR) is 90.5 cm³/mol. The van der Waals surface area contributed by atoms with Crippen molar-refractivity contribution in [3.8, 4) is 5.75 Å². The number of alkyl halides is 2. The quantitative estimate of drug-likeness (QED) is 0.834. The molecule has 28 heavy (non-hydrogen) atoms. The molecular weight excluding hydrogens is 378 g/mol. The molecule has 1 N–H and O–H groups in total. The molecule has 1 aromatic carbocycles. The van der Waals surface area contributed by atoms with Crippen molar-refractivity contribution < 1.29 is 37.4 Å². The predicted octanol–water partition coefficient (Wildman–Crippen LogP) is 2.18. The van der Waals surface area contributed by atoms with E-state index in [1.54, 1.807) is 6.07 Å². The molecule has 10 heteroatoms. The maximum atomic E-state index is 12.6. The molecule has 1 aromatic heterocycles. The highest BCUT2D eigenvalue weighted by molar-refractivity contribution is 5.97. The second-order valence-corrected chi connectivity index (χ2v) is 5.93. The number of hydrogen-bond donors (Lipinski definition) is 1. The third-order valence-electron chi connectivity index (χ3n) is 4.22. The van der Waals surface area contributed by atoms with E-state index < -0.39 is 24.4 Å². The third kappa shape index (κ3) is 4.11. The number of ether oxygens (including phenoxy) is 1. The number of carboxylic acid groups (broad SMARTS) is 1. The van der Waals surface area contributed by atoms with E-state index >= 15 is 0 Å². The Bertz CT molecular complexity index is 890. The molecule has 8 nitrogen and oxygen atoms in total. The third-order valence-corrected chi connectivity index (χ3v) is 4.22. The topological polar surface area (TPSA) is 100 Å². The van der Waals surface area contributed by atoms with Gasteiger partial charge in [0.05, 0.1) is 5.56 Å². The van der Waals surface area contributed by atoms with E-state index in [0.29, 0.717) is 0 Å². The summed E-state index contributed by atoms with van der Waals surface area (Å²) in [6.07, 6.45) is 0. The first-order valence-corrected chi connectivity index (χ1v) is 8.32. The minimum absolute atomic E-state index is 0.0136. The molecule has 148 valence electrons. The second-order valence-electron chi connectivity index (χ2n) is 5.93. The van der Waals surface area contributed by atoms with Gasteiger partial charge in [-0.25, -0.2) is 4.79 Å². The first kappa shape index (κ1) is 19.3. The molecule has 3 rings (SSSR count). The Labute approximate surface area is 157 Å². The summed E-state index contributed by atoms with van der Waals surface area (Å²) in [4.78, 5) is 38.7. The molecule has 1 saturated heterocycles. The molecule has 0 saturated carbocycles. The molecule has 0 radical (unpaired) electrons. The molecule has 0 aliphatic carbocycles. The minimum Gasteiger partial charge on any atom is -0.475 e. The van der Waals surface area contributed by atoms with Gasteiger partial charge in [0, 0.05) is 26.2 Å². The van der Waals surface area contributed by atoms with Crippen LogP contribution in [0.3, 0.4) is 0 Å². The monoisotopic (exact) mass is 394 g/mol. The number of piperazine rings is 1. The van der Waals surface area contributed by atoms with E-state index in [1.807, 2.05) is 0 Å². The normalized spacial score (nSPS) is 14.2. The highest BCUT2D eigenvalue weighted by Crippen LogP contribution is 2.23. The summed E-state index contributed by atoms with van der Waals surface area (Å²) in [5, 5.41) is 8.85. The van der Waals surface area contributed by atoms with Crippen LogP contribution in [-0.4, -0.2) is 65.5 Å². The van der Waals surface area contributed by atoms with E-state index in [1.165, 1.54) is 40.1 Å². The Morgan fingerprint density at radius 3 is 2.07 bits per heavy atom. The highest BCUT2D eigenvalue weighted by atomic mass is 19.3. The molecule has 0 unspecified atom stereocenters. The van der Waals surface area contributed by atoms with Gasteiger partial charge in [0.1, 0.15) is 5.75 Å². The smallest absolute Gasteiger partial charge is 0.387 e. The van der Waals surface area contributed by atoms with Gasteiger partial charge in [-0.2, -0.15) is 8.78 Å². The van der Waals surface area contributed by atoms with Gasteiger partial charge in [0.2, 0.25) is 5.76 Å². The fraction of sp³-hybridized carbons (Fsp3) is 0.278. The molecule has 2 aromatic rings. The maximum absolute atomic E-state index is 12.6. The van der Waals surface area contributed by atoms with Crippen LogP contribution in [0.5, 0.6) is 5.75 Å². The van der Waals surface area contributed by atoms with Crippen molar-refractivity contribution in [1.82, 2.24) is 9.80 Å². The number of furan rings is 1. The maximum Gasteiger partial charge on any atom is 0.387 e. The number of nitrogens with zero attached hydrogens (tertiary/aromatic N) is 2. The Hall–Kier alpha value is -3.43. The van der Waals surface area contributed by atoms with Gasteiger partial charge in [-0.1, -0.05) is 12.1 Å². The molecule has 0 spiro atoms. The van der Waals surface area contributed by atoms with Gasteiger partial charge in [-0.3, -0.25) is 9.59 Å². The summed E-state index contributed by atoms with van der Waals surface area (Å²) in [6, 6.07) is 8.18. The van der Waals surface area contributed by atoms with Crippen LogP contribution in [0.1, 0.15) is 31.5 Å². The Morgan fingerprint density at radius 1 is 0.929 bits per heavy atom. The largest absolute Gasteiger partial charge is 0.475 e. The van der Waals surface area contributed by atoms with Crippen molar-refractivity contribution in [1.29, 1.82) is 0 Å². The fourth-order valence-corrected chi connectivity index (χ4v) is 2.85. The number of carbonyl (C=O) groups excluding carboxylic acids is 2. The average Bonchev–Trinajstić information content (AvgIpc) is 3.17. The van der Waals surface area contributed by atoms with Gasteiger partial charge >= 0.3 is 12.6 Å². The van der Waals surface area contributed by atoms with Crippen LogP contribution >= 0.6 is 0 Å². The van der Waals surface area contributed by atoms with Crippen LogP contribution in [0.2, 0.25) is 0 Å². The lowest BCUT2D eigenvalue weighted by atomic mass is 10.1. The summed E-state index contributed by atoms with van der Waals surface area (Å²) in [5.74, 6) is -2.90. The lowest BCUT2D eigenvalue weighted by Gasteiger charge is -2.34. The van der Waals surface area contributed by atoms with Gasteiger partial charge in [0.25, 0.3) is 11.8 Å². The SMILES string of the molecule is O=C(O)c1ccc(C(=O)N2CCN(C(=O)c3ccccc3OC(F)F)CC2)o1. The van der Waals surface area contributed by atoms with Crippen LogP contribution in [0.4, 0.5) is 8.78 Å². The summed E-state index contributed by atoms with van der Waals surface area (Å²) >= 11 is 0. The molecule has 1 fully saturated rings. The van der Waals surface area contributed by atoms with Gasteiger partial charge in [0.15, 0.2) is 5.76 Å². The molecule has 2 heterocycles. The zero-order valence-corrected chi connectivity index (χ0v) is 14.5. The highest BCUT2D eigenvalue weighted by Gasteiger charge is 2.28. The second kappa shape index (κ2) is 8.07. The van der Waals surface area contributed by atoms with Crippen molar-refractivity contribution in [3.05, 3.63) is 53.5 Å². The zero-order valence-electron chi connectivity index (χ0n) is 14.5. The number of para-hydroxylation sites is 1. The van der Waals surface area contributed by atoms with Crippen molar-refractivity contribution in [3.63, 3.8) is 0 Å². The number of benzene rings is 1. The van der Waals surface area contributed by atoms with Gasteiger partial charge < -0.3 is 24.1 Å². The molecule has 2 amide bonds. The van der Waals surface area contributed by atoms with E-state index in [0.717, 1.165) is 0 Å². The van der Waals surface area contributed by atoms with Crippen LogP contribution in [-0.2, 0) is 0 Å². The summed E-state index contributed by atoms with van der Waals surface area (Å²) < 4.78 is 34.4. The number of halogens is 2. The molecule has 1 aliphatic rings. The van der Waals surface area contributed by atoms with E-state index in [-0.39, 0.29) is 49.0 Å². The van der Waals surface area contributed by atoms with Crippen molar-refractivity contribution in [2.75, 3.05) is 26.2 Å². The Balaban J connectivity index is 1.64. The van der Waals surface area contributed by atoms with Crippen LogP contribution in [0.25, 0.3) is 0 Å². The Morgan fingerprint density at radius 2 is 1.50 bits per heavy atom. The van der Waals surface area contributed by atoms with Gasteiger partial charge in [-0.15, -0.1) is 0 Å². The standard InChI is InChI=1S/C18H16F2N2O6/c19-18(20)28-12-4-2-1-3-11(12)15(23)21-7-9-22(10-8-21)16(24)13-5-6-14(27-13)17(25)26/h1-6,18H,7-10H2,(H,25,26). The van der Waals surface area contributed by atoms with Gasteiger partial charge in [-0.05, 0) is 24.3 Å². The van der Waals surface area contributed by atoms with Crippen molar-refractivity contribution in [2.45, 2.75) is 6.61 Å². The van der Waals surface area contributed by atoms with Crippen molar-refractivity contribution in [2.24, 2.45) is 0 Å². The average molecular weight is 394 g/mol. The minimum atomic E-state index is -3.05. The van der Waals surface area contributed by atoms with Crippen molar-refractivity contribution >= 4 is 17.8 Å². The molecule has 0 atom stereocenters. The van der Waals surface area contributed by atoms with Crippen LogP contribution in [0.15, 0.2) is 40.8 Å². The number of rotatable bonds is 5. The van der Waals surface area contributed by atoms with Crippen LogP contribution in [0, 0.1) is 0 Å². The van der Waals surface area contributed by atoms with E-state index in [9.17, 15) is 23.2 Å². The fourth-order valence-electron chi connectivity index (χ4n) is 2.85. The Kier molecular flexibility index (Phi) is 5.57. The zero-order chi connectivity index (χ0) is 20.3.